The minimum absolute atomic E-state index is 0.0845. The molecule has 2 aromatic rings. The highest BCUT2D eigenvalue weighted by Gasteiger charge is 2.08. The molecule has 6 heteroatoms. The monoisotopic (exact) mass is 262 g/mol. The van der Waals surface area contributed by atoms with Crippen molar-refractivity contribution in [2.45, 2.75) is 6.92 Å². The fourth-order valence-corrected chi connectivity index (χ4v) is 1.56. The molecule has 0 unspecified atom stereocenters. The fourth-order valence-electron chi connectivity index (χ4n) is 1.41. The van der Waals surface area contributed by atoms with E-state index in [1.807, 2.05) is 6.92 Å². The third-order valence-electron chi connectivity index (χ3n) is 2.40. The zero-order valence-electron chi connectivity index (χ0n) is 9.64. The number of nitrogens with two attached hydrogens (primary N) is 1. The molecule has 0 aliphatic heterocycles. The smallest absolute Gasteiger partial charge is 0.256 e. The number of nitrogens with zero attached hydrogens (tertiary/aromatic N) is 2. The first-order chi connectivity index (χ1) is 8.56. The van der Waals surface area contributed by atoms with E-state index in [-0.39, 0.29) is 11.2 Å². The molecule has 1 aromatic heterocycles. The molecule has 0 radical (unpaired) electrons. The number of carbonyl (C=O) groups is 1. The predicted octanol–water partition coefficient (Wildman–Crippen LogP) is 2.27. The first-order valence-electron chi connectivity index (χ1n) is 5.22. The van der Waals surface area contributed by atoms with Crippen LogP contribution < -0.4 is 11.1 Å². The number of anilines is 2. The molecule has 0 saturated heterocycles. The lowest BCUT2D eigenvalue weighted by atomic mass is 10.1. The van der Waals surface area contributed by atoms with E-state index in [0.717, 1.165) is 5.56 Å². The average Bonchev–Trinajstić information content (AvgIpc) is 2.32. The lowest BCUT2D eigenvalue weighted by Crippen LogP contribution is -2.13. The zero-order valence-corrected chi connectivity index (χ0v) is 10.4. The van der Waals surface area contributed by atoms with Crippen LogP contribution >= 0.6 is 11.6 Å². The minimum Gasteiger partial charge on any atom is -0.399 e. The van der Waals surface area contributed by atoms with Crippen molar-refractivity contribution < 1.29 is 4.79 Å². The topological polar surface area (TPSA) is 80.9 Å². The molecule has 1 heterocycles. The number of aryl methyl sites for hydroxylation is 1. The number of rotatable bonds is 2. The van der Waals surface area contributed by atoms with Gasteiger partial charge in [-0.15, -0.1) is 0 Å². The molecule has 0 atom stereocenters. The molecule has 18 heavy (non-hydrogen) atoms. The Morgan fingerprint density at radius 1 is 1.39 bits per heavy atom. The molecular weight excluding hydrogens is 252 g/mol. The standard InChI is InChI=1S/C12H11ClN4O/c1-7-6-8(2-3-9(7)14)11(18)16-10-4-5-15-12(13)17-10/h2-6H,14H2,1H3,(H,15,16,17,18). The number of nitrogen functional groups attached to an aromatic ring is 1. The molecule has 0 spiro atoms. The molecule has 1 aromatic carbocycles. The Kier molecular flexibility index (Phi) is 3.43. The highest BCUT2D eigenvalue weighted by atomic mass is 35.5. The van der Waals surface area contributed by atoms with Crippen LogP contribution in [0.4, 0.5) is 11.5 Å². The molecule has 0 bridgehead atoms. The fraction of sp³-hybridized carbons (Fsp3) is 0.0833. The van der Waals surface area contributed by atoms with Gasteiger partial charge in [0.1, 0.15) is 5.82 Å². The maximum Gasteiger partial charge on any atom is 0.256 e. The van der Waals surface area contributed by atoms with Crippen LogP contribution in [0.25, 0.3) is 0 Å². The first-order valence-corrected chi connectivity index (χ1v) is 5.60. The lowest BCUT2D eigenvalue weighted by molar-refractivity contribution is 0.102. The van der Waals surface area contributed by atoms with Crippen LogP contribution in [0.3, 0.4) is 0 Å². The third kappa shape index (κ3) is 2.75. The Morgan fingerprint density at radius 2 is 2.17 bits per heavy atom. The van der Waals surface area contributed by atoms with Crippen molar-refractivity contribution in [1.29, 1.82) is 0 Å². The molecule has 1 amide bonds. The van der Waals surface area contributed by atoms with E-state index >= 15 is 0 Å². The van der Waals surface area contributed by atoms with E-state index in [9.17, 15) is 4.79 Å². The Labute approximate surface area is 109 Å². The molecular formula is C12H11ClN4O. The quantitative estimate of drug-likeness (QED) is 0.643. The summed E-state index contributed by atoms with van der Waals surface area (Å²) in [6.07, 6.45) is 1.47. The molecule has 92 valence electrons. The van der Waals surface area contributed by atoms with Gasteiger partial charge >= 0.3 is 0 Å². The van der Waals surface area contributed by atoms with Gasteiger partial charge in [-0.2, -0.15) is 0 Å². The highest BCUT2D eigenvalue weighted by Crippen LogP contribution is 2.14. The SMILES string of the molecule is Cc1cc(C(=O)Nc2ccnc(Cl)n2)ccc1N. The maximum absolute atomic E-state index is 11.9. The van der Waals surface area contributed by atoms with Gasteiger partial charge in [-0.1, -0.05) is 0 Å². The summed E-state index contributed by atoms with van der Waals surface area (Å²) in [5.41, 5.74) is 7.70. The van der Waals surface area contributed by atoms with E-state index in [0.29, 0.717) is 17.1 Å². The number of nitrogens with one attached hydrogen (secondary N) is 1. The van der Waals surface area contributed by atoms with Gasteiger partial charge in [-0.25, -0.2) is 9.97 Å². The highest BCUT2D eigenvalue weighted by molar-refractivity contribution is 6.28. The summed E-state index contributed by atoms with van der Waals surface area (Å²) < 4.78 is 0. The Morgan fingerprint density at radius 3 is 2.83 bits per heavy atom. The van der Waals surface area contributed by atoms with Gasteiger partial charge in [-0.3, -0.25) is 4.79 Å². The van der Waals surface area contributed by atoms with Crippen molar-refractivity contribution in [2.24, 2.45) is 0 Å². The van der Waals surface area contributed by atoms with Crippen molar-refractivity contribution >= 4 is 29.0 Å². The van der Waals surface area contributed by atoms with Gasteiger partial charge in [0.25, 0.3) is 5.91 Å². The number of amides is 1. The summed E-state index contributed by atoms with van der Waals surface area (Å²) >= 11 is 5.63. The second-order valence-corrected chi connectivity index (χ2v) is 4.07. The van der Waals surface area contributed by atoms with Crippen molar-refractivity contribution in [1.82, 2.24) is 9.97 Å². The van der Waals surface area contributed by atoms with Crippen LogP contribution in [0.5, 0.6) is 0 Å². The van der Waals surface area contributed by atoms with E-state index < -0.39 is 0 Å². The number of benzene rings is 1. The van der Waals surface area contributed by atoms with Crippen LogP contribution in [0, 0.1) is 6.92 Å². The van der Waals surface area contributed by atoms with Crippen LogP contribution in [0.15, 0.2) is 30.5 Å². The average molecular weight is 263 g/mol. The third-order valence-corrected chi connectivity index (χ3v) is 2.58. The summed E-state index contributed by atoms with van der Waals surface area (Å²) in [6, 6.07) is 6.62. The summed E-state index contributed by atoms with van der Waals surface area (Å²) in [5, 5.41) is 2.71. The normalized spacial score (nSPS) is 10.1. The van der Waals surface area contributed by atoms with E-state index in [1.54, 1.807) is 24.3 Å². The second kappa shape index (κ2) is 5.01. The van der Waals surface area contributed by atoms with E-state index in [2.05, 4.69) is 15.3 Å². The summed E-state index contributed by atoms with van der Waals surface area (Å²) in [5.74, 6) is 0.0855. The van der Waals surface area contributed by atoms with Crippen molar-refractivity contribution in [3.05, 3.63) is 46.9 Å². The van der Waals surface area contributed by atoms with Crippen molar-refractivity contribution in [3.8, 4) is 0 Å². The number of halogens is 1. The van der Waals surface area contributed by atoms with Gasteiger partial charge < -0.3 is 11.1 Å². The second-order valence-electron chi connectivity index (χ2n) is 3.74. The molecule has 5 nitrogen and oxygen atoms in total. The minimum atomic E-state index is -0.270. The Balaban J connectivity index is 2.19. The Bertz CT molecular complexity index is 600. The van der Waals surface area contributed by atoms with Crippen molar-refractivity contribution in [2.75, 3.05) is 11.1 Å². The van der Waals surface area contributed by atoms with Gasteiger partial charge in [0.2, 0.25) is 5.28 Å². The maximum atomic E-state index is 11.9. The van der Waals surface area contributed by atoms with E-state index in [4.69, 9.17) is 17.3 Å². The number of aromatic nitrogens is 2. The van der Waals surface area contributed by atoms with Crippen LogP contribution in [0.1, 0.15) is 15.9 Å². The zero-order chi connectivity index (χ0) is 13.1. The van der Waals surface area contributed by atoms with Crippen LogP contribution in [-0.2, 0) is 0 Å². The van der Waals surface area contributed by atoms with E-state index in [1.165, 1.54) is 6.20 Å². The number of hydrogen-bond acceptors (Lipinski definition) is 4. The molecule has 3 N–H and O–H groups in total. The first kappa shape index (κ1) is 12.3. The largest absolute Gasteiger partial charge is 0.399 e. The summed E-state index contributed by atoms with van der Waals surface area (Å²) in [7, 11) is 0. The number of hydrogen-bond donors (Lipinski definition) is 2. The van der Waals surface area contributed by atoms with Gasteiger partial charge in [0.15, 0.2) is 0 Å². The molecule has 0 aliphatic carbocycles. The predicted molar refractivity (Wildman–Crippen MR) is 70.6 cm³/mol. The van der Waals surface area contributed by atoms with Crippen molar-refractivity contribution in [3.63, 3.8) is 0 Å². The van der Waals surface area contributed by atoms with Crippen LogP contribution in [0.2, 0.25) is 5.28 Å². The van der Waals surface area contributed by atoms with Gasteiger partial charge in [-0.05, 0) is 48.4 Å². The lowest BCUT2D eigenvalue weighted by Gasteiger charge is -2.06. The summed E-state index contributed by atoms with van der Waals surface area (Å²) in [4.78, 5) is 19.5. The Hall–Kier alpha value is -2.14. The van der Waals surface area contributed by atoms with Crippen LogP contribution in [-0.4, -0.2) is 15.9 Å². The summed E-state index contributed by atoms with van der Waals surface area (Å²) in [6.45, 7) is 1.84. The molecule has 0 aliphatic rings. The molecule has 0 saturated carbocycles. The van der Waals surface area contributed by atoms with Gasteiger partial charge in [0, 0.05) is 17.4 Å². The molecule has 0 fully saturated rings. The van der Waals surface area contributed by atoms with Gasteiger partial charge in [0.05, 0.1) is 0 Å². The number of carbonyl (C=O) groups excluding carboxylic acids is 1. The molecule has 2 rings (SSSR count).